The quantitative estimate of drug-likeness (QED) is 0.809. The molecule has 0 fully saturated rings. The highest BCUT2D eigenvalue weighted by Crippen LogP contribution is 2.26. The number of likely N-dealkylation sites (N-methyl/N-ethyl adjacent to an activating group) is 1. The molecule has 0 bridgehead atoms. The smallest absolute Gasteiger partial charge is 0.0453 e. The van der Waals surface area contributed by atoms with Gasteiger partial charge in [0.1, 0.15) is 0 Å². The molecular weight excluding hydrogens is 303 g/mol. The Labute approximate surface area is 136 Å². The highest BCUT2D eigenvalue weighted by molar-refractivity contribution is 6.36. The summed E-state index contributed by atoms with van der Waals surface area (Å²) in [5.74, 6) is 0. The van der Waals surface area contributed by atoms with E-state index < -0.39 is 0 Å². The van der Waals surface area contributed by atoms with Crippen LogP contribution >= 0.6 is 23.2 Å². The summed E-state index contributed by atoms with van der Waals surface area (Å²) in [7, 11) is 0. The molecular formula is C17H20Cl2N2. The number of pyridine rings is 1. The van der Waals surface area contributed by atoms with Crippen LogP contribution in [0.2, 0.25) is 10.0 Å². The van der Waals surface area contributed by atoms with E-state index in [9.17, 15) is 0 Å². The summed E-state index contributed by atoms with van der Waals surface area (Å²) < 4.78 is 0. The van der Waals surface area contributed by atoms with Gasteiger partial charge in [0.05, 0.1) is 0 Å². The minimum Gasteiger partial charge on any atom is -0.314 e. The van der Waals surface area contributed by atoms with Gasteiger partial charge in [-0.25, -0.2) is 0 Å². The monoisotopic (exact) mass is 322 g/mol. The van der Waals surface area contributed by atoms with Crippen LogP contribution in [-0.2, 0) is 12.8 Å². The summed E-state index contributed by atoms with van der Waals surface area (Å²) in [5, 5.41) is 4.99. The van der Waals surface area contributed by atoms with E-state index in [2.05, 4.69) is 23.3 Å². The largest absolute Gasteiger partial charge is 0.314 e. The van der Waals surface area contributed by atoms with E-state index in [1.807, 2.05) is 36.5 Å². The number of hydrogen-bond donors (Lipinski definition) is 1. The molecule has 1 heterocycles. The SMILES string of the molecule is CCNC(CCc1ccccn1)Cc1c(Cl)cccc1Cl. The van der Waals surface area contributed by atoms with E-state index >= 15 is 0 Å². The van der Waals surface area contributed by atoms with Crippen LogP contribution in [0.3, 0.4) is 0 Å². The van der Waals surface area contributed by atoms with Crippen molar-refractivity contribution in [1.82, 2.24) is 10.3 Å². The van der Waals surface area contributed by atoms with Crippen LogP contribution in [0, 0.1) is 0 Å². The fourth-order valence-electron chi connectivity index (χ4n) is 2.41. The van der Waals surface area contributed by atoms with Gasteiger partial charge in [0.15, 0.2) is 0 Å². The molecule has 0 spiro atoms. The van der Waals surface area contributed by atoms with E-state index in [1.54, 1.807) is 0 Å². The number of rotatable bonds is 7. The minimum atomic E-state index is 0.342. The molecule has 1 atom stereocenters. The lowest BCUT2D eigenvalue weighted by Crippen LogP contribution is -2.31. The Kier molecular flexibility index (Phi) is 6.50. The third kappa shape index (κ3) is 4.99. The Balaban J connectivity index is 2.02. The molecule has 1 N–H and O–H groups in total. The molecule has 1 aromatic heterocycles. The molecule has 4 heteroatoms. The lowest BCUT2D eigenvalue weighted by Gasteiger charge is -2.19. The van der Waals surface area contributed by atoms with Crippen molar-refractivity contribution in [3.63, 3.8) is 0 Å². The lowest BCUT2D eigenvalue weighted by atomic mass is 10.0. The maximum atomic E-state index is 6.27. The fraction of sp³-hybridized carbons (Fsp3) is 0.353. The average Bonchev–Trinajstić information content (AvgIpc) is 2.49. The Hall–Kier alpha value is -1.09. The highest BCUT2D eigenvalue weighted by Gasteiger charge is 2.13. The van der Waals surface area contributed by atoms with Crippen molar-refractivity contribution in [3.05, 3.63) is 63.9 Å². The van der Waals surface area contributed by atoms with Crippen molar-refractivity contribution >= 4 is 23.2 Å². The first-order chi connectivity index (χ1) is 10.2. The van der Waals surface area contributed by atoms with Crippen molar-refractivity contribution in [3.8, 4) is 0 Å². The molecule has 2 aromatic rings. The molecule has 0 saturated carbocycles. The van der Waals surface area contributed by atoms with Gasteiger partial charge < -0.3 is 5.32 Å². The van der Waals surface area contributed by atoms with Crippen LogP contribution in [0.1, 0.15) is 24.6 Å². The van der Waals surface area contributed by atoms with Crippen molar-refractivity contribution in [2.45, 2.75) is 32.2 Å². The van der Waals surface area contributed by atoms with E-state index in [0.29, 0.717) is 6.04 Å². The van der Waals surface area contributed by atoms with Gasteiger partial charge >= 0.3 is 0 Å². The first kappa shape index (κ1) is 16.3. The van der Waals surface area contributed by atoms with E-state index in [-0.39, 0.29) is 0 Å². The summed E-state index contributed by atoms with van der Waals surface area (Å²) in [6.45, 7) is 3.04. The zero-order valence-electron chi connectivity index (χ0n) is 12.2. The number of benzene rings is 1. The molecule has 2 rings (SSSR count). The normalized spacial score (nSPS) is 12.3. The third-order valence-electron chi connectivity index (χ3n) is 3.48. The van der Waals surface area contributed by atoms with Gasteiger partial charge in [-0.1, -0.05) is 42.3 Å². The van der Waals surface area contributed by atoms with Crippen LogP contribution in [0.15, 0.2) is 42.6 Å². The van der Waals surface area contributed by atoms with E-state index in [0.717, 1.165) is 47.1 Å². The van der Waals surface area contributed by atoms with Crippen molar-refractivity contribution < 1.29 is 0 Å². The number of aromatic nitrogens is 1. The van der Waals surface area contributed by atoms with Gasteiger partial charge in [-0.3, -0.25) is 4.98 Å². The maximum Gasteiger partial charge on any atom is 0.0453 e. The average molecular weight is 323 g/mol. The van der Waals surface area contributed by atoms with Crippen LogP contribution < -0.4 is 5.32 Å². The summed E-state index contributed by atoms with van der Waals surface area (Å²) in [6, 6.07) is 12.0. The summed E-state index contributed by atoms with van der Waals surface area (Å²) in [4.78, 5) is 4.37. The first-order valence-electron chi connectivity index (χ1n) is 7.27. The lowest BCUT2D eigenvalue weighted by molar-refractivity contribution is 0.489. The van der Waals surface area contributed by atoms with Crippen LogP contribution in [0.25, 0.3) is 0 Å². The fourth-order valence-corrected chi connectivity index (χ4v) is 2.96. The molecule has 1 aromatic carbocycles. The van der Waals surface area contributed by atoms with Gasteiger partial charge in [0.2, 0.25) is 0 Å². The predicted molar refractivity (Wildman–Crippen MR) is 90.2 cm³/mol. The molecule has 0 radical (unpaired) electrons. The highest BCUT2D eigenvalue weighted by atomic mass is 35.5. The molecule has 2 nitrogen and oxygen atoms in total. The van der Waals surface area contributed by atoms with Gasteiger partial charge in [-0.15, -0.1) is 0 Å². The molecule has 0 aliphatic carbocycles. The van der Waals surface area contributed by atoms with Gasteiger partial charge in [0.25, 0.3) is 0 Å². The topological polar surface area (TPSA) is 24.9 Å². The van der Waals surface area contributed by atoms with Crippen molar-refractivity contribution in [1.29, 1.82) is 0 Å². The Bertz CT molecular complexity index is 538. The zero-order valence-corrected chi connectivity index (χ0v) is 13.7. The van der Waals surface area contributed by atoms with Crippen LogP contribution in [0.5, 0.6) is 0 Å². The van der Waals surface area contributed by atoms with Gasteiger partial charge in [-0.05, 0) is 55.6 Å². The molecule has 0 amide bonds. The molecule has 0 saturated heterocycles. The third-order valence-corrected chi connectivity index (χ3v) is 4.19. The molecule has 1 unspecified atom stereocenters. The second-order valence-corrected chi connectivity index (χ2v) is 5.83. The summed E-state index contributed by atoms with van der Waals surface area (Å²) in [6.07, 6.45) is 4.62. The number of aryl methyl sites for hydroxylation is 1. The Morgan fingerprint density at radius 2 is 1.86 bits per heavy atom. The zero-order chi connectivity index (χ0) is 15.1. The predicted octanol–water partition coefficient (Wildman–Crippen LogP) is 4.54. The molecule has 0 aliphatic rings. The molecule has 112 valence electrons. The maximum absolute atomic E-state index is 6.27. The summed E-state index contributed by atoms with van der Waals surface area (Å²) in [5.41, 5.74) is 2.14. The Morgan fingerprint density at radius 3 is 2.48 bits per heavy atom. The van der Waals surface area contributed by atoms with Crippen LogP contribution in [-0.4, -0.2) is 17.6 Å². The standard InChI is InChI=1S/C17H20Cl2N2/c1-2-20-14(10-9-13-6-3-4-11-21-13)12-15-16(18)7-5-8-17(15)19/h3-8,11,14,20H,2,9-10,12H2,1H3. The van der Waals surface area contributed by atoms with Crippen molar-refractivity contribution in [2.75, 3.05) is 6.54 Å². The second kappa shape index (κ2) is 8.38. The number of nitrogens with zero attached hydrogens (tertiary/aromatic N) is 1. The second-order valence-electron chi connectivity index (χ2n) is 5.02. The van der Waals surface area contributed by atoms with Crippen LogP contribution in [0.4, 0.5) is 0 Å². The first-order valence-corrected chi connectivity index (χ1v) is 8.02. The number of hydrogen-bond acceptors (Lipinski definition) is 2. The van der Waals surface area contributed by atoms with Crippen molar-refractivity contribution in [2.24, 2.45) is 0 Å². The van der Waals surface area contributed by atoms with Gasteiger partial charge in [0, 0.05) is 28.0 Å². The van der Waals surface area contributed by atoms with E-state index in [4.69, 9.17) is 23.2 Å². The minimum absolute atomic E-state index is 0.342. The van der Waals surface area contributed by atoms with Gasteiger partial charge in [-0.2, -0.15) is 0 Å². The summed E-state index contributed by atoms with van der Waals surface area (Å²) >= 11 is 12.5. The molecule has 0 aliphatic heterocycles. The number of halogens is 2. The molecule has 21 heavy (non-hydrogen) atoms. The Morgan fingerprint density at radius 1 is 1.10 bits per heavy atom. The van der Waals surface area contributed by atoms with E-state index in [1.165, 1.54) is 0 Å². The number of nitrogens with one attached hydrogen (secondary N) is 1.